The van der Waals surface area contributed by atoms with E-state index in [-0.39, 0.29) is 11.1 Å². The predicted molar refractivity (Wildman–Crippen MR) is 103 cm³/mol. The smallest absolute Gasteiger partial charge is 0.343 e. The van der Waals surface area contributed by atoms with Crippen molar-refractivity contribution in [3.05, 3.63) is 81.9 Å². The van der Waals surface area contributed by atoms with Gasteiger partial charge in [0.25, 0.3) is 5.56 Å². The lowest BCUT2D eigenvalue weighted by Gasteiger charge is -2.16. The number of hydrogen-bond donors (Lipinski definition) is 1. The number of carbonyl (C=O) groups excluding carboxylic acids is 1. The second-order valence-corrected chi connectivity index (χ2v) is 6.37. The van der Waals surface area contributed by atoms with E-state index in [4.69, 9.17) is 10.5 Å². The lowest BCUT2D eigenvalue weighted by atomic mass is 9.96. The topological polar surface area (TPSA) is 73.8 Å². The Morgan fingerprint density at radius 3 is 2.69 bits per heavy atom. The van der Waals surface area contributed by atoms with Crippen molar-refractivity contribution >= 4 is 17.1 Å². The van der Waals surface area contributed by atoms with E-state index in [1.807, 2.05) is 19.1 Å². The van der Waals surface area contributed by atoms with Crippen molar-refractivity contribution in [1.29, 1.82) is 0 Å². The molecule has 0 saturated heterocycles. The number of ether oxygens (including phenoxy) is 1. The zero-order valence-electron chi connectivity index (χ0n) is 15.0. The summed E-state index contributed by atoms with van der Waals surface area (Å²) in [6.07, 6.45) is 10.7. The Morgan fingerprint density at radius 1 is 1.38 bits per heavy atom. The van der Waals surface area contributed by atoms with E-state index in [0.717, 1.165) is 40.6 Å². The highest BCUT2D eigenvalue weighted by molar-refractivity contribution is 5.91. The van der Waals surface area contributed by atoms with Crippen molar-refractivity contribution in [2.45, 2.75) is 25.7 Å². The van der Waals surface area contributed by atoms with Crippen LogP contribution in [0.3, 0.4) is 0 Å². The number of allylic oxidation sites excluding steroid dienone is 4. The van der Waals surface area contributed by atoms with Crippen LogP contribution >= 0.6 is 0 Å². The van der Waals surface area contributed by atoms with Gasteiger partial charge in [0, 0.05) is 6.20 Å². The number of esters is 1. The number of methoxy groups -OCH3 is 1. The monoisotopic (exact) mass is 350 g/mol. The number of fused-ring (bicyclic) bond motifs is 1. The lowest BCUT2D eigenvalue weighted by molar-refractivity contribution is 0.0598. The van der Waals surface area contributed by atoms with Gasteiger partial charge in [0.05, 0.1) is 12.6 Å². The summed E-state index contributed by atoms with van der Waals surface area (Å²) in [6.45, 7) is 5.73. The average Bonchev–Trinajstić information content (AvgIpc) is 3.47. The van der Waals surface area contributed by atoms with Crippen LogP contribution < -0.4 is 11.3 Å². The molecule has 3 rings (SSSR count). The summed E-state index contributed by atoms with van der Waals surface area (Å²) in [4.78, 5) is 24.8. The number of rotatable bonds is 5. The first kappa shape index (κ1) is 17.7. The van der Waals surface area contributed by atoms with Crippen LogP contribution in [-0.4, -0.2) is 17.5 Å². The molecule has 1 aliphatic rings. The SMILES string of the molecule is C=C/C=C(\C=C/N)c1ccn2c(=O)c(C(=O)OC)cc(C3CC3)c2c1C. The number of nitrogens with two attached hydrogens (primary N) is 1. The Hall–Kier alpha value is -3.08. The zero-order valence-corrected chi connectivity index (χ0v) is 15.0. The molecule has 0 atom stereocenters. The van der Waals surface area contributed by atoms with E-state index in [1.165, 1.54) is 13.3 Å². The first-order valence-corrected chi connectivity index (χ1v) is 8.52. The maximum Gasteiger partial charge on any atom is 0.343 e. The fourth-order valence-electron chi connectivity index (χ4n) is 3.34. The standard InChI is InChI=1S/C21H22N2O3/c1-4-5-14(8-10-22)16-9-11-23-19(13(16)2)17(15-6-7-15)12-18(20(23)24)21(25)26-3/h4-5,8-12,15H,1,6-7,22H2,2-3H3/b10-8-,14-5+. The van der Waals surface area contributed by atoms with Crippen molar-refractivity contribution in [3.8, 4) is 0 Å². The second kappa shape index (κ2) is 7.04. The van der Waals surface area contributed by atoms with Crippen molar-refractivity contribution < 1.29 is 9.53 Å². The number of aryl methyl sites for hydroxylation is 1. The molecule has 0 spiro atoms. The van der Waals surface area contributed by atoms with Gasteiger partial charge in [-0.1, -0.05) is 18.7 Å². The van der Waals surface area contributed by atoms with E-state index in [0.29, 0.717) is 5.92 Å². The molecule has 0 radical (unpaired) electrons. The van der Waals surface area contributed by atoms with Crippen LogP contribution in [0.4, 0.5) is 0 Å². The third-order valence-electron chi connectivity index (χ3n) is 4.72. The van der Waals surface area contributed by atoms with Crippen molar-refractivity contribution in [2.24, 2.45) is 5.73 Å². The third kappa shape index (κ3) is 2.96. The maximum absolute atomic E-state index is 12.8. The Kier molecular flexibility index (Phi) is 4.80. The first-order valence-electron chi connectivity index (χ1n) is 8.52. The van der Waals surface area contributed by atoms with Gasteiger partial charge >= 0.3 is 5.97 Å². The first-order chi connectivity index (χ1) is 12.5. The minimum Gasteiger partial charge on any atom is -0.465 e. The minimum absolute atomic E-state index is 0.0720. The molecule has 26 heavy (non-hydrogen) atoms. The molecule has 134 valence electrons. The van der Waals surface area contributed by atoms with Gasteiger partial charge in [-0.3, -0.25) is 9.20 Å². The number of pyridine rings is 2. The summed E-state index contributed by atoms with van der Waals surface area (Å²) in [5, 5.41) is 0. The number of hydrogen-bond acceptors (Lipinski definition) is 4. The fourth-order valence-corrected chi connectivity index (χ4v) is 3.34. The van der Waals surface area contributed by atoms with Crippen LogP contribution in [0.15, 0.2) is 54.1 Å². The average molecular weight is 350 g/mol. The predicted octanol–water partition coefficient (Wildman–Crippen LogP) is 3.31. The second-order valence-electron chi connectivity index (χ2n) is 6.37. The molecule has 2 heterocycles. The summed E-state index contributed by atoms with van der Waals surface area (Å²) >= 11 is 0. The molecule has 1 aliphatic carbocycles. The molecule has 5 nitrogen and oxygen atoms in total. The normalized spacial score (nSPS) is 14.8. The van der Waals surface area contributed by atoms with E-state index in [9.17, 15) is 9.59 Å². The van der Waals surface area contributed by atoms with Gasteiger partial charge in [-0.2, -0.15) is 0 Å². The molecular weight excluding hydrogens is 328 g/mol. The Bertz CT molecular complexity index is 1010. The molecule has 0 unspecified atom stereocenters. The highest BCUT2D eigenvalue weighted by atomic mass is 16.5. The van der Waals surface area contributed by atoms with Crippen LogP contribution in [-0.2, 0) is 4.74 Å². The Balaban J connectivity index is 2.37. The molecule has 0 aliphatic heterocycles. The Morgan fingerprint density at radius 2 is 2.12 bits per heavy atom. The van der Waals surface area contributed by atoms with Gasteiger partial charge in [0.1, 0.15) is 5.56 Å². The largest absolute Gasteiger partial charge is 0.465 e. The lowest BCUT2D eigenvalue weighted by Crippen LogP contribution is -2.24. The van der Waals surface area contributed by atoms with E-state index >= 15 is 0 Å². The summed E-state index contributed by atoms with van der Waals surface area (Å²) in [5.74, 6) is -0.244. The Labute approximate surface area is 152 Å². The van der Waals surface area contributed by atoms with Crippen molar-refractivity contribution in [3.63, 3.8) is 0 Å². The van der Waals surface area contributed by atoms with Gasteiger partial charge in [-0.05, 0) is 72.4 Å². The molecule has 2 N–H and O–H groups in total. The van der Waals surface area contributed by atoms with Gasteiger partial charge < -0.3 is 10.5 Å². The quantitative estimate of drug-likeness (QED) is 0.663. The number of nitrogens with zero attached hydrogens (tertiary/aromatic N) is 1. The van der Waals surface area contributed by atoms with Crippen LogP contribution in [0.25, 0.3) is 11.1 Å². The molecule has 2 aromatic heterocycles. The summed E-state index contributed by atoms with van der Waals surface area (Å²) < 4.78 is 6.33. The maximum atomic E-state index is 12.8. The van der Waals surface area contributed by atoms with Crippen LogP contribution in [0.1, 0.15) is 45.8 Å². The summed E-state index contributed by atoms with van der Waals surface area (Å²) in [6, 6.07) is 3.56. The molecule has 0 amide bonds. The molecule has 0 bridgehead atoms. The number of aromatic nitrogens is 1. The summed E-state index contributed by atoms with van der Waals surface area (Å²) in [5.41, 5.74) is 10.00. The van der Waals surface area contributed by atoms with Crippen molar-refractivity contribution in [1.82, 2.24) is 4.40 Å². The van der Waals surface area contributed by atoms with Crippen LogP contribution in [0, 0.1) is 6.92 Å². The molecular formula is C21H22N2O3. The molecule has 1 fully saturated rings. The molecule has 1 saturated carbocycles. The van der Waals surface area contributed by atoms with Gasteiger partial charge in [0.15, 0.2) is 0 Å². The minimum atomic E-state index is -0.605. The van der Waals surface area contributed by atoms with Gasteiger partial charge in [-0.25, -0.2) is 4.79 Å². The molecule has 5 heteroatoms. The van der Waals surface area contributed by atoms with Crippen LogP contribution in [0.5, 0.6) is 0 Å². The van der Waals surface area contributed by atoms with E-state index in [1.54, 1.807) is 28.8 Å². The molecule has 0 aromatic carbocycles. The van der Waals surface area contributed by atoms with E-state index in [2.05, 4.69) is 6.58 Å². The van der Waals surface area contributed by atoms with Gasteiger partial charge in [-0.15, -0.1) is 0 Å². The fraction of sp³-hybridized carbons (Fsp3) is 0.238. The zero-order chi connectivity index (χ0) is 18.8. The highest BCUT2D eigenvalue weighted by Gasteiger charge is 2.29. The van der Waals surface area contributed by atoms with E-state index < -0.39 is 5.97 Å². The third-order valence-corrected chi connectivity index (χ3v) is 4.72. The number of carbonyl (C=O) groups is 1. The van der Waals surface area contributed by atoms with Gasteiger partial charge in [0.2, 0.25) is 0 Å². The highest BCUT2D eigenvalue weighted by Crippen LogP contribution is 2.43. The van der Waals surface area contributed by atoms with Crippen LogP contribution in [0.2, 0.25) is 0 Å². The summed E-state index contributed by atoms with van der Waals surface area (Å²) in [7, 11) is 1.29. The van der Waals surface area contributed by atoms with Crippen molar-refractivity contribution in [2.75, 3.05) is 7.11 Å². The molecule has 2 aromatic rings.